The van der Waals surface area contributed by atoms with Crippen LogP contribution in [0.2, 0.25) is 0 Å². The van der Waals surface area contributed by atoms with Crippen LogP contribution in [0.25, 0.3) is 4.96 Å². The molecule has 0 N–H and O–H groups in total. The normalized spacial score (nSPS) is 17.5. The van der Waals surface area contributed by atoms with E-state index in [1.54, 1.807) is 0 Å². The fourth-order valence-electron chi connectivity index (χ4n) is 1.65. The van der Waals surface area contributed by atoms with Crippen molar-refractivity contribution in [3.63, 3.8) is 0 Å². The summed E-state index contributed by atoms with van der Waals surface area (Å²) in [5.41, 5.74) is 0. The molecule has 0 radical (unpaired) electrons. The molecule has 1 fully saturated rings. The van der Waals surface area contributed by atoms with E-state index in [0.717, 1.165) is 15.8 Å². The van der Waals surface area contributed by atoms with Crippen molar-refractivity contribution < 1.29 is 0 Å². The molecule has 1 aliphatic carbocycles. The molecule has 2 heterocycles. The molecule has 74 valence electrons. The van der Waals surface area contributed by atoms with Crippen LogP contribution in [0.4, 0.5) is 0 Å². The summed E-state index contributed by atoms with van der Waals surface area (Å²) in [5, 5.41) is 13.6. The van der Waals surface area contributed by atoms with Crippen LogP contribution in [0, 0.1) is 0 Å². The second-order valence-corrected chi connectivity index (χ2v) is 4.82. The lowest BCUT2D eigenvalue weighted by Crippen LogP contribution is -2.13. The first-order valence-electron chi connectivity index (χ1n) is 4.65. The zero-order valence-corrected chi connectivity index (χ0v) is 9.05. The van der Waals surface area contributed by atoms with E-state index in [4.69, 9.17) is 11.6 Å². The second kappa shape index (κ2) is 3.17. The van der Waals surface area contributed by atoms with E-state index >= 15 is 0 Å². The summed E-state index contributed by atoms with van der Waals surface area (Å²) in [6.07, 6.45) is 3.73. The van der Waals surface area contributed by atoms with E-state index in [-0.39, 0.29) is 0 Å². The molecule has 14 heavy (non-hydrogen) atoms. The van der Waals surface area contributed by atoms with Crippen LogP contribution in [0.5, 0.6) is 0 Å². The van der Waals surface area contributed by atoms with Crippen molar-refractivity contribution >= 4 is 27.9 Å². The Kier molecular flexibility index (Phi) is 1.95. The molecule has 4 nitrogen and oxygen atoms in total. The van der Waals surface area contributed by atoms with Gasteiger partial charge >= 0.3 is 0 Å². The number of fused-ring (bicyclic) bond motifs is 1. The maximum atomic E-state index is 5.72. The molecule has 6 heteroatoms. The van der Waals surface area contributed by atoms with Crippen LogP contribution in [-0.4, -0.2) is 19.8 Å². The third kappa shape index (κ3) is 1.15. The molecule has 0 aliphatic heterocycles. The van der Waals surface area contributed by atoms with E-state index < -0.39 is 0 Å². The summed E-state index contributed by atoms with van der Waals surface area (Å²) in [6.45, 7) is 0. The van der Waals surface area contributed by atoms with Gasteiger partial charge in [-0.1, -0.05) is 17.8 Å². The Morgan fingerprint density at radius 2 is 2.29 bits per heavy atom. The van der Waals surface area contributed by atoms with Gasteiger partial charge in [0, 0.05) is 5.92 Å². The first-order valence-corrected chi connectivity index (χ1v) is 6.00. The third-order valence-corrected chi connectivity index (χ3v) is 3.95. The fraction of sp³-hybridized carbons (Fsp3) is 0.625. The average Bonchev–Trinajstić information content (AvgIpc) is 2.63. The van der Waals surface area contributed by atoms with Crippen molar-refractivity contribution in [2.45, 2.75) is 31.1 Å². The Hall–Kier alpha value is -0.680. The lowest BCUT2D eigenvalue weighted by molar-refractivity contribution is 0.395. The molecule has 0 bridgehead atoms. The molecule has 0 unspecified atom stereocenters. The Balaban J connectivity index is 2.09. The van der Waals surface area contributed by atoms with Gasteiger partial charge in [0.05, 0.1) is 5.88 Å². The van der Waals surface area contributed by atoms with Crippen molar-refractivity contribution in [3.8, 4) is 0 Å². The quantitative estimate of drug-likeness (QED) is 0.740. The maximum absolute atomic E-state index is 5.72. The van der Waals surface area contributed by atoms with Gasteiger partial charge in [-0.2, -0.15) is 9.61 Å². The Morgan fingerprint density at radius 1 is 1.43 bits per heavy atom. The summed E-state index contributed by atoms with van der Waals surface area (Å²) < 4.78 is 1.85. The van der Waals surface area contributed by atoms with E-state index in [1.165, 1.54) is 30.6 Å². The third-order valence-electron chi connectivity index (χ3n) is 2.64. The number of alkyl halides is 1. The van der Waals surface area contributed by atoms with Gasteiger partial charge in [-0.05, 0) is 12.8 Å². The van der Waals surface area contributed by atoms with E-state index in [0.29, 0.717) is 11.8 Å². The number of hydrogen-bond acceptors (Lipinski definition) is 4. The molecule has 0 saturated heterocycles. The van der Waals surface area contributed by atoms with Crippen molar-refractivity contribution in [2.24, 2.45) is 0 Å². The fourth-order valence-corrected chi connectivity index (χ4v) is 2.55. The van der Waals surface area contributed by atoms with Gasteiger partial charge in [0.1, 0.15) is 5.01 Å². The van der Waals surface area contributed by atoms with Gasteiger partial charge in [0.15, 0.2) is 5.82 Å². The predicted octanol–water partition coefficient (Wildman–Crippen LogP) is 2.19. The molecule has 3 rings (SSSR count). The van der Waals surface area contributed by atoms with Crippen LogP contribution in [0.3, 0.4) is 0 Å². The predicted molar refractivity (Wildman–Crippen MR) is 54.8 cm³/mol. The standard InChI is InChI=1S/C8H9ClN4S/c9-4-6-12-13-7(5-2-1-3-5)10-11-8(13)14-6/h5H,1-4H2. The van der Waals surface area contributed by atoms with E-state index in [9.17, 15) is 0 Å². The van der Waals surface area contributed by atoms with Gasteiger partial charge in [0.2, 0.25) is 4.96 Å². The lowest BCUT2D eigenvalue weighted by atomic mass is 9.85. The molecule has 0 amide bonds. The summed E-state index contributed by atoms with van der Waals surface area (Å²) in [6, 6.07) is 0. The van der Waals surface area contributed by atoms with Crippen molar-refractivity contribution in [1.29, 1.82) is 0 Å². The lowest BCUT2D eigenvalue weighted by Gasteiger charge is -2.22. The van der Waals surface area contributed by atoms with Gasteiger partial charge in [0.25, 0.3) is 0 Å². The monoisotopic (exact) mass is 228 g/mol. The molecule has 1 aliphatic rings. The number of halogens is 1. The van der Waals surface area contributed by atoms with Crippen molar-refractivity contribution in [3.05, 3.63) is 10.8 Å². The summed E-state index contributed by atoms with van der Waals surface area (Å²) in [4.78, 5) is 0.863. The highest BCUT2D eigenvalue weighted by molar-refractivity contribution is 7.16. The minimum atomic E-state index is 0.456. The van der Waals surface area contributed by atoms with Crippen LogP contribution in [0.1, 0.15) is 36.0 Å². The summed E-state index contributed by atoms with van der Waals surface area (Å²) in [7, 11) is 0. The first kappa shape index (κ1) is 8.61. The summed E-state index contributed by atoms with van der Waals surface area (Å²) in [5.74, 6) is 2.03. The molecule has 0 atom stereocenters. The van der Waals surface area contributed by atoms with Crippen LogP contribution >= 0.6 is 22.9 Å². The molecular formula is C8H9ClN4S. The smallest absolute Gasteiger partial charge is 0.187 e. The maximum Gasteiger partial charge on any atom is 0.234 e. The van der Waals surface area contributed by atoms with Gasteiger partial charge < -0.3 is 0 Å². The van der Waals surface area contributed by atoms with Gasteiger partial charge in [-0.15, -0.1) is 21.8 Å². The minimum Gasteiger partial charge on any atom is -0.187 e. The number of rotatable bonds is 2. The molecular weight excluding hydrogens is 220 g/mol. The summed E-state index contributed by atoms with van der Waals surface area (Å²) >= 11 is 7.24. The number of aromatic nitrogens is 4. The van der Waals surface area contributed by atoms with Crippen LogP contribution in [-0.2, 0) is 5.88 Å². The Morgan fingerprint density at radius 3 is 2.93 bits per heavy atom. The molecule has 2 aromatic rings. The topological polar surface area (TPSA) is 43.1 Å². The van der Waals surface area contributed by atoms with Gasteiger partial charge in [-0.25, -0.2) is 0 Å². The van der Waals surface area contributed by atoms with E-state index in [1.807, 2.05) is 4.52 Å². The van der Waals surface area contributed by atoms with Crippen LogP contribution < -0.4 is 0 Å². The van der Waals surface area contributed by atoms with Crippen molar-refractivity contribution in [2.75, 3.05) is 0 Å². The molecule has 1 saturated carbocycles. The average molecular weight is 229 g/mol. The highest BCUT2D eigenvalue weighted by Crippen LogP contribution is 2.35. The Labute approximate surface area is 89.9 Å². The van der Waals surface area contributed by atoms with E-state index in [2.05, 4.69) is 15.3 Å². The molecule has 2 aromatic heterocycles. The SMILES string of the molecule is ClCc1nn2c(C3CCC3)nnc2s1. The van der Waals surface area contributed by atoms with Gasteiger partial charge in [-0.3, -0.25) is 0 Å². The molecule has 0 spiro atoms. The zero-order valence-electron chi connectivity index (χ0n) is 7.48. The Bertz CT molecular complexity index is 459. The van der Waals surface area contributed by atoms with Crippen LogP contribution in [0.15, 0.2) is 0 Å². The minimum absolute atomic E-state index is 0.456. The number of nitrogens with zero attached hydrogens (tertiary/aromatic N) is 4. The second-order valence-electron chi connectivity index (χ2n) is 3.51. The largest absolute Gasteiger partial charge is 0.234 e. The van der Waals surface area contributed by atoms with Crippen molar-refractivity contribution in [1.82, 2.24) is 19.8 Å². The molecule has 0 aromatic carbocycles. The highest BCUT2D eigenvalue weighted by atomic mass is 35.5. The zero-order chi connectivity index (χ0) is 9.54. The first-order chi connectivity index (χ1) is 6.88. The number of hydrogen-bond donors (Lipinski definition) is 0. The highest BCUT2D eigenvalue weighted by Gasteiger charge is 2.25.